The number of H-pyrrole nitrogens is 1. The number of pyridine rings is 2. The molecule has 7 heteroatoms. The van der Waals surface area contributed by atoms with E-state index in [9.17, 15) is 4.79 Å². The summed E-state index contributed by atoms with van der Waals surface area (Å²) in [6.45, 7) is 4.73. The number of benzene rings is 2. The van der Waals surface area contributed by atoms with Crippen molar-refractivity contribution in [3.63, 3.8) is 0 Å². The van der Waals surface area contributed by atoms with Crippen molar-refractivity contribution in [1.82, 2.24) is 15.3 Å². The van der Waals surface area contributed by atoms with Crippen LogP contribution in [0.2, 0.25) is 5.02 Å². The van der Waals surface area contributed by atoms with Gasteiger partial charge in [0.05, 0.1) is 11.2 Å². The summed E-state index contributed by atoms with van der Waals surface area (Å²) in [5, 5.41) is 8.83. The number of aromatic nitrogens is 2. The number of hydrogen-bond acceptors (Lipinski definition) is 5. The van der Waals surface area contributed by atoms with Gasteiger partial charge in [-0.3, -0.25) is 9.78 Å². The molecular weight excluding hydrogens is 496 g/mol. The molecule has 0 saturated heterocycles. The van der Waals surface area contributed by atoms with Gasteiger partial charge in [0.2, 0.25) is 5.43 Å². The average molecular weight is 533 g/mol. The molecule has 2 aromatic heterocycles. The highest BCUT2D eigenvalue weighted by Gasteiger charge is 2.10. The highest BCUT2D eigenvalue weighted by molar-refractivity contribution is 6.31. The predicted octanol–water partition coefficient (Wildman–Crippen LogP) is 7.01. The largest absolute Gasteiger partial charge is 0.483 e. The van der Waals surface area contributed by atoms with E-state index < -0.39 is 0 Å². The lowest BCUT2D eigenvalue weighted by Crippen LogP contribution is -2.20. The Bertz CT molecular complexity index is 1360. The van der Waals surface area contributed by atoms with Gasteiger partial charge < -0.3 is 20.4 Å². The van der Waals surface area contributed by atoms with Gasteiger partial charge in [0.1, 0.15) is 6.61 Å². The zero-order chi connectivity index (χ0) is 26.6. The Morgan fingerprint density at radius 2 is 1.68 bits per heavy atom. The Morgan fingerprint density at radius 1 is 0.921 bits per heavy atom. The third-order valence-electron chi connectivity index (χ3n) is 6.52. The number of nitrogens with zero attached hydrogens (tertiary/aromatic N) is 1. The Kier molecular flexibility index (Phi) is 10.6. The lowest BCUT2D eigenvalue weighted by molar-refractivity contribution is 0.297. The Morgan fingerprint density at radius 3 is 2.50 bits per heavy atom. The minimum absolute atomic E-state index is 0.0787. The summed E-state index contributed by atoms with van der Waals surface area (Å²) in [4.78, 5) is 20.2. The van der Waals surface area contributed by atoms with Gasteiger partial charge >= 0.3 is 0 Å². The topological polar surface area (TPSA) is 79.0 Å². The second-order valence-electron chi connectivity index (χ2n) is 9.64. The second kappa shape index (κ2) is 14.6. The van der Waals surface area contributed by atoms with Crippen LogP contribution < -0.4 is 20.8 Å². The number of aryl methyl sites for hydroxylation is 1. The van der Waals surface area contributed by atoms with E-state index in [-0.39, 0.29) is 5.43 Å². The van der Waals surface area contributed by atoms with Crippen molar-refractivity contribution in [2.45, 2.75) is 58.6 Å². The van der Waals surface area contributed by atoms with E-state index in [1.165, 1.54) is 25.7 Å². The van der Waals surface area contributed by atoms with Crippen LogP contribution in [0.4, 0.5) is 5.69 Å². The van der Waals surface area contributed by atoms with Crippen LogP contribution in [0.1, 0.15) is 55.5 Å². The molecule has 0 saturated carbocycles. The van der Waals surface area contributed by atoms with Crippen LogP contribution in [0, 0.1) is 6.92 Å². The molecule has 0 aliphatic carbocycles. The molecule has 0 bridgehead atoms. The zero-order valence-corrected chi connectivity index (χ0v) is 22.8. The van der Waals surface area contributed by atoms with Crippen LogP contribution in [-0.2, 0) is 13.2 Å². The maximum absolute atomic E-state index is 12.5. The smallest absolute Gasteiger partial charge is 0.223 e. The molecule has 0 fully saturated rings. The summed E-state index contributed by atoms with van der Waals surface area (Å²) < 4.78 is 5.91. The van der Waals surface area contributed by atoms with Gasteiger partial charge in [-0.15, -0.1) is 0 Å². The van der Waals surface area contributed by atoms with Gasteiger partial charge in [0.15, 0.2) is 5.75 Å². The van der Waals surface area contributed by atoms with Crippen molar-refractivity contribution < 1.29 is 4.74 Å². The van der Waals surface area contributed by atoms with E-state index in [4.69, 9.17) is 16.3 Å². The minimum atomic E-state index is -0.0787. The van der Waals surface area contributed by atoms with Gasteiger partial charge in [-0.1, -0.05) is 67.6 Å². The summed E-state index contributed by atoms with van der Waals surface area (Å²) in [5.41, 5.74) is 4.64. The molecule has 0 spiro atoms. The lowest BCUT2D eigenvalue weighted by Gasteiger charge is -2.13. The molecule has 0 amide bonds. The van der Waals surface area contributed by atoms with Crippen molar-refractivity contribution in [2.24, 2.45) is 0 Å². The summed E-state index contributed by atoms with van der Waals surface area (Å²) in [5.74, 6) is 0.407. The molecule has 3 N–H and O–H groups in total. The first-order valence-corrected chi connectivity index (χ1v) is 13.9. The highest BCUT2D eigenvalue weighted by Crippen LogP contribution is 2.24. The number of nitrogens with one attached hydrogen (secondary N) is 3. The van der Waals surface area contributed by atoms with E-state index >= 15 is 0 Å². The van der Waals surface area contributed by atoms with Crippen LogP contribution >= 0.6 is 11.6 Å². The normalized spacial score (nSPS) is 11.1. The number of unbranched alkanes of at least 4 members (excludes halogenated alkanes) is 5. The van der Waals surface area contributed by atoms with E-state index in [0.717, 1.165) is 59.5 Å². The molecular formula is C31H37ClN4O2. The van der Waals surface area contributed by atoms with E-state index in [1.807, 2.05) is 67.7 Å². The molecule has 4 aromatic rings. The molecule has 38 heavy (non-hydrogen) atoms. The maximum Gasteiger partial charge on any atom is 0.223 e. The van der Waals surface area contributed by atoms with Crippen molar-refractivity contribution in [3.8, 4) is 5.75 Å². The average Bonchev–Trinajstić information content (AvgIpc) is 2.91. The molecule has 2 heterocycles. The number of halogens is 1. The fourth-order valence-corrected chi connectivity index (χ4v) is 4.71. The first kappa shape index (κ1) is 27.7. The molecule has 0 unspecified atom stereocenters. The summed E-state index contributed by atoms with van der Waals surface area (Å²) >= 11 is 6.08. The fourth-order valence-electron chi connectivity index (χ4n) is 4.55. The predicted molar refractivity (Wildman–Crippen MR) is 157 cm³/mol. The molecule has 0 aliphatic rings. The van der Waals surface area contributed by atoms with Crippen molar-refractivity contribution >= 4 is 28.2 Å². The number of ether oxygens (including phenoxy) is 1. The summed E-state index contributed by atoms with van der Waals surface area (Å²) in [7, 11) is 0. The molecule has 0 atom stereocenters. The SMILES string of the molecule is Cc1cc(=O)c(OCc2ccccc2)c(CNCCCCCCCCNc2ccnc3cc(Cl)ccc23)[nH]1. The fraction of sp³-hybridized carbons (Fsp3) is 0.355. The quantitative estimate of drug-likeness (QED) is 0.144. The van der Waals surface area contributed by atoms with Crippen LogP contribution in [0.25, 0.3) is 10.9 Å². The van der Waals surface area contributed by atoms with Crippen LogP contribution in [0.3, 0.4) is 0 Å². The third kappa shape index (κ3) is 8.33. The van der Waals surface area contributed by atoms with Crippen LogP contribution in [0.5, 0.6) is 5.75 Å². The highest BCUT2D eigenvalue weighted by atomic mass is 35.5. The van der Waals surface area contributed by atoms with Crippen molar-refractivity contribution in [1.29, 1.82) is 0 Å². The monoisotopic (exact) mass is 532 g/mol. The minimum Gasteiger partial charge on any atom is -0.483 e. The first-order valence-electron chi connectivity index (χ1n) is 13.5. The van der Waals surface area contributed by atoms with Gasteiger partial charge in [-0.2, -0.15) is 0 Å². The molecule has 0 radical (unpaired) electrons. The van der Waals surface area contributed by atoms with Gasteiger partial charge in [0, 0.05) is 47.1 Å². The second-order valence-corrected chi connectivity index (χ2v) is 10.1. The van der Waals surface area contributed by atoms with Crippen LogP contribution in [0.15, 0.2) is 71.7 Å². The molecule has 4 rings (SSSR count). The standard InChI is InChI=1S/C31H37ClN4O2/c1-23-19-30(37)31(38-22-24-11-7-6-8-12-24)29(36-23)21-33-16-9-4-2-3-5-10-17-34-27-15-18-35-28-20-25(32)13-14-26(27)28/h6-8,11-15,18-20,33H,2-5,9-10,16-17,21-22H2,1H3,(H,34,35)(H,36,37). The Hall–Kier alpha value is -3.35. The van der Waals surface area contributed by atoms with E-state index in [1.54, 1.807) is 6.07 Å². The maximum atomic E-state index is 12.5. The number of hydrogen-bond donors (Lipinski definition) is 3. The zero-order valence-electron chi connectivity index (χ0n) is 22.1. The van der Waals surface area contributed by atoms with E-state index in [0.29, 0.717) is 23.9 Å². The lowest BCUT2D eigenvalue weighted by atomic mass is 10.1. The molecule has 200 valence electrons. The van der Waals surface area contributed by atoms with Crippen LogP contribution in [-0.4, -0.2) is 23.1 Å². The number of anilines is 1. The third-order valence-corrected chi connectivity index (χ3v) is 6.76. The van der Waals surface area contributed by atoms with Crippen molar-refractivity contribution in [3.05, 3.63) is 99.1 Å². The number of rotatable bonds is 15. The summed E-state index contributed by atoms with van der Waals surface area (Å²) in [6.07, 6.45) is 8.94. The number of aromatic amines is 1. The van der Waals surface area contributed by atoms with Gasteiger partial charge in [-0.05, 0) is 56.1 Å². The van der Waals surface area contributed by atoms with E-state index in [2.05, 4.69) is 20.6 Å². The summed E-state index contributed by atoms with van der Waals surface area (Å²) in [6, 6.07) is 19.3. The molecule has 0 aliphatic heterocycles. The first-order chi connectivity index (χ1) is 18.6. The number of fused-ring (bicyclic) bond motifs is 1. The van der Waals surface area contributed by atoms with Crippen molar-refractivity contribution in [2.75, 3.05) is 18.4 Å². The van der Waals surface area contributed by atoms with Gasteiger partial charge in [0.25, 0.3) is 0 Å². The molecule has 6 nitrogen and oxygen atoms in total. The molecule has 2 aromatic carbocycles. The Labute approximate surface area is 229 Å². The van der Waals surface area contributed by atoms with Gasteiger partial charge in [-0.25, -0.2) is 0 Å². The Balaban J connectivity index is 1.09.